The van der Waals surface area contributed by atoms with E-state index in [1.54, 1.807) is 23.1 Å². The summed E-state index contributed by atoms with van der Waals surface area (Å²) >= 11 is 4.72. The quantitative estimate of drug-likeness (QED) is 0.723. The molecule has 0 saturated heterocycles. The van der Waals surface area contributed by atoms with Crippen LogP contribution in [0.1, 0.15) is 20.8 Å². The summed E-state index contributed by atoms with van der Waals surface area (Å²) in [6.45, 7) is 7.61. The monoisotopic (exact) mass is 291 g/mol. The van der Waals surface area contributed by atoms with Crippen molar-refractivity contribution in [1.82, 2.24) is 15.1 Å². The second-order valence-corrected chi connectivity index (χ2v) is 6.83. The minimum absolute atomic E-state index is 0.167. The Morgan fingerprint density at radius 3 is 2.29 bits per heavy atom. The Morgan fingerprint density at radius 1 is 1.18 bits per heavy atom. The van der Waals surface area contributed by atoms with E-state index in [9.17, 15) is 4.79 Å². The Balaban J connectivity index is 2.41. The van der Waals surface area contributed by atoms with Crippen molar-refractivity contribution < 1.29 is 4.79 Å². The molecule has 0 aromatic carbocycles. The van der Waals surface area contributed by atoms with Crippen molar-refractivity contribution in [2.75, 3.05) is 24.6 Å². The zero-order chi connectivity index (χ0) is 12.7. The highest BCUT2D eigenvalue weighted by Crippen LogP contribution is 2.28. The van der Waals surface area contributed by atoms with E-state index in [-0.39, 0.29) is 5.91 Å². The standard InChI is InChI=1S/C10H17N3OS3/c1-4-13(5-2)8(14)7-16-10-12-11-9(17-10)15-6-3/h4-7H2,1-3H3. The zero-order valence-corrected chi connectivity index (χ0v) is 12.8. The predicted molar refractivity (Wildman–Crippen MR) is 75.0 cm³/mol. The Kier molecular flexibility index (Phi) is 6.91. The van der Waals surface area contributed by atoms with Crippen molar-refractivity contribution in [3.05, 3.63) is 0 Å². The van der Waals surface area contributed by atoms with Crippen LogP contribution in [-0.2, 0) is 4.79 Å². The van der Waals surface area contributed by atoms with E-state index in [1.165, 1.54) is 11.8 Å². The number of nitrogens with zero attached hydrogens (tertiary/aromatic N) is 3. The molecule has 0 spiro atoms. The molecule has 0 saturated carbocycles. The maximum atomic E-state index is 11.8. The van der Waals surface area contributed by atoms with Crippen LogP contribution < -0.4 is 0 Å². The van der Waals surface area contributed by atoms with Gasteiger partial charge in [0, 0.05) is 13.1 Å². The van der Waals surface area contributed by atoms with Crippen molar-refractivity contribution >= 4 is 40.8 Å². The van der Waals surface area contributed by atoms with Crippen molar-refractivity contribution in [2.24, 2.45) is 0 Å². The second-order valence-electron chi connectivity index (χ2n) is 3.12. The molecule has 0 N–H and O–H groups in total. The summed E-state index contributed by atoms with van der Waals surface area (Å²) in [7, 11) is 0. The van der Waals surface area contributed by atoms with Crippen LogP contribution >= 0.6 is 34.9 Å². The first-order valence-electron chi connectivity index (χ1n) is 5.58. The average molecular weight is 291 g/mol. The molecule has 96 valence electrons. The maximum Gasteiger partial charge on any atom is 0.233 e. The Labute approximate surface area is 115 Å². The van der Waals surface area contributed by atoms with Gasteiger partial charge in [0.25, 0.3) is 0 Å². The number of hydrogen-bond acceptors (Lipinski definition) is 6. The molecule has 4 nitrogen and oxygen atoms in total. The highest BCUT2D eigenvalue weighted by molar-refractivity contribution is 8.03. The molecule has 1 heterocycles. The van der Waals surface area contributed by atoms with Gasteiger partial charge in [-0.15, -0.1) is 10.2 Å². The second kappa shape index (κ2) is 7.94. The summed E-state index contributed by atoms with van der Waals surface area (Å²) in [5, 5.41) is 8.11. The van der Waals surface area contributed by atoms with Gasteiger partial charge in [0.1, 0.15) is 0 Å². The largest absolute Gasteiger partial charge is 0.343 e. The number of rotatable bonds is 7. The summed E-state index contributed by atoms with van der Waals surface area (Å²) in [6, 6.07) is 0. The van der Waals surface area contributed by atoms with E-state index < -0.39 is 0 Å². The third-order valence-electron chi connectivity index (χ3n) is 2.09. The van der Waals surface area contributed by atoms with Gasteiger partial charge >= 0.3 is 0 Å². The van der Waals surface area contributed by atoms with Gasteiger partial charge in [-0.1, -0.05) is 41.8 Å². The molecule has 0 aliphatic heterocycles. The molecule has 0 bridgehead atoms. The van der Waals surface area contributed by atoms with Gasteiger partial charge in [-0.3, -0.25) is 4.79 Å². The lowest BCUT2D eigenvalue weighted by atomic mass is 10.5. The van der Waals surface area contributed by atoms with E-state index >= 15 is 0 Å². The summed E-state index contributed by atoms with van der Waals surface area (Å²) in [5.74, 6) is 1.62. The van der Waals surface area contributed by atoms with Gasteiger partial charge in [-0.2, -0.15) is 0 Å². The third kappa shape index (κ3) is 4.85. The fourth-order valence-electron chi connectivity index (χ4n) is 1.23. The molecular formula is C10H17N3OS3. The minimum atomic E-state index is 0.167. The normalized spacial score (nSPS) is 10.5. The molecule has 0 atom stereocenters. The number of amides is 1. The van der Waals surface area contributed by atoms with E-state index in [2.05, 4.69) is 17.1 Å². The number of hydrogen-bond donors (Lipinski definition) is 0. The number of thioether (sulfide) groups is 2. The fourth-order valence-corrected chi connectivity index (χ4v) is 4.05. The molecule has 1 aromatic rings. The van der Waals surface area contributed by atoms with Crippen molar-refractivity contribution in [2.45, 2.75) is 29.5 Å². The predicted octanol–water partition coefficient (Wildman–Crippen LogP) is 2.61. The molecule has 0 fully saturated rings. The minimum Gasteiger partial charge on any atom is -0.343 e. The third-order valence-corrected chi connectivity index (χ3v) is 5.15. The van der Waals surface area contributed by atoms with Gasteiger partial charge < -0.3 is 4.90 Å². The maximum absolute atomic E-state index is 11.8. The SMILES string of the molecule is CCSc1nnc(SCC(=O)N(CC)CC)s1. The lowest BCUT2D eigenvalue weighted by Gasteiger charge is -2.17. The lowest BCUT2D eigenvalue weighted by molar-refractivity contribution is -0.127. The molecule has 0 unspecified atom stereocenters. The van der Waals surface area contributed by atoms with Crippen LogP contribution in [0.25, 0.3) is 0 Å². The van der Waals surface area contributed by atoms with Crippen LogP contribution in [0.3, 0.4) is 0 Å². The molecule has 17 heavy (non-hydrogen) atoms. The van der Waals surface area contributed by atoms with Crippen molar-refractivity contribution in [3.63, 3.8) is 0 Å². The molecule has 0 radical (unpaired) electrons. The van der Waals surface area contributed by atoms with E-state index in [4.69, 9.17) is 0 Å². The highest BCUT2D eigenvalue weighted by atomic mass is 32.2. The van der Waals surface area contributed by atoms with E-state index in [0.717, 1.165) is 27.5 Å². The van der Waals surface area contributed by atoms with Crippen LogP contribution in [-0.4, -0.2) is 45.6 Å². The number of carbonyl (C=O) groups excluding carboxylic acids is 1. The Bertz CT molecular complexity index is 352. The van der Waals surface area contributed by atoms with Gasteiger partial charge in [0.15, 0.2) is 8.68 Å². The molecule has 0 aliphatic carbocycles. The molecule has 7 heteroatoms. The molecular weight excluding hydrogens is 274 g/mol. The van der Waals surface area contributed by atoms with Gasteiger partial charge in [-0.25, -0.2) is 0 Å². The zero-order valence-electron chi connectivity index (χ0n) is 10.3. The first-order chi connectivity index (χ1) is 8.21. The van der Waals surface area contributed by atoms with Gasteiger partial charge in [-0.05, 0) is 19.6 Å². The first-order valence-corrected chi connectivity index (χ1v) is 8.36. The molecule has 0 aliphatic rings. The van der Waals surface area contributed by atoms with Crippen molar-refractivity contribution in [3.8, 4) is 0 Å². The Hall–Kier alpha value is -0.270. The Morgan fingerprint density at radius 2 is 1.76 bits per heavy atom. The highest BCUT2D eigenvalue weighted by Gasteiger charge is 2.12. The summed E-state index contributed by atoms with van der Waals surface area (Å²) in [5.41, 5.74) is 0. The van der Waals surface area contributed by atoms with Crippen LogP contribution in [0, 0.1) is 0 Å². The molecule has 1 aromatic heterocycles. The smallest absolute Gasteiger partial charge is 0.233 e. The number of aromatic nitrogens is 2. The average Bonchev–Trinajstić information content (AvgIpc) is 2.76. The lowest BCUT2D eigenvalue weighted by Crippen LogP contribution is -2.31. The molecule has 1 amide bonds. The van der Waals surface area contributed by atoms with Crippen LogP contribution in [0.2, 0.25) is 0 Å². The first kappa shape index (κ1) is 14.8. The summed E-state index contributed by atoms with van der Waals surface area (Å²) < 4.78 is 1.85. The van der Waals surface area contributed by atoms with Crippen molar-refractivity contribution in [1.29, 1.82) is 0 Å². The fraction of sp³-hybridized carbons (Fsp3) is 0.700. The van der Waals surface area contributed by atoms with Crippen LogP contribution in [0.15, 0.2) is 8.68 Å². The molecule has 1 rings (SSSR count). The van der Waals surface area contributed by atoms with E-state index in [0.29, 0.717) is 5.75 Å². The number of carbonyl (C=O) groups is 1. The van der Waals surface area contributed by atoms with Gasteiger partial charge in [0.2, 0.25) is 5.91 Å². The van der Waals surface area contributed by atoms with Crippen LogP contribution in [0.5, 0.6) is 0 Å². The summed E-state index contributed by atoms with van der Waals surface area (Å²) in [4.78, 5) is 13.6. The summed E-state index contributed by atoms with van der Waals surface area (Å²) in [6.07, 6.45) is 0. The van der Waals surface area contributed by atoms with Crippen LogP contribution in [0.4, 0.5) is 0 Å². The van der Waals surface area contributed by atoms with Gasteiger partial charge in [0.05, 0.1) is 5.75 Å². The van der Waals surface area contributed by atoms with E-state index in [1.807, 2.05) is 18.7 Å². The topological polar surface area (TPSA) is 46.1 Å².